The summed E-state index contributed by atoms with van der Waals surface area (Å²) in [6.45, 7) is 4.97. The first-order chi connectivity index (χ1) is 11.2. The summed E-state index contributed by atoms with van der Waals surface area (Å²) in [5.41, 5.74) is 2.29. The molecule has 0 aliphatic rings. The Labute approximate surface area is 140 Å². The van der Waals surface area contributed by atoms with Crippen molar-refractivity contribution in [2.45, 2.75) is 32.3 Å². The van der Waals surface area contributed by atoms with Gasteiger partial charge in [0.05, 0.1) is 5.60 Å². The van der Waals surface area contributed by atoms with E-state index in [9.17, 15) is 0 Å². The summed E-state index contributed by atoms with van der Waals surface area (Å²) in [7, 11) is 0. The van der Waals surface area contributed by atoms with Crippen LogP contribution in [-0.2, 0) is 4.74 Å². The van der Waals surface area contributed by atoms with E-state index in [1.807, 2.05) is 12.1 Å². The summed E-state index contributed by atoms with van der Waals surface area (Å²) in [5, 5.41) is 0. The summed E-state index contributed by atoms with van der Waals surface area (Å²) < 4.78 is 6.00. The predicted octanol–water partition coefficient (Wildman–Crippen LogP) is 5.99. The van der Waals surface area contributed by atoms with Gasteiger partial charge in [0.25, 0.3) is 0 Å². The van der Waals surface area contributed by atoms with Crippen LogP contribution in [0.15, 0.2) is 72.8 Å². The molecular formula is C22H26O. The molecule has 0 radical (unpaired) electrons. The van der Waals surface area contributed by atoms with Crippen molar-refractivity contribution in [1.82, 2.24) is 0 Å². The molecule has 0 saturated heterocycles. The Morgan fingerprint density at radius 2 is 1.22 bits per heavy atom. The Bertz CT molecular complexity index is 559. The van der Waals surface area contributed by atoms with Crippen LogP contribution in [0, 0.1) is 0 Å². The number of benzene rings is 2. The minimum atomic E-state index is -0.161. The predicted molar refractivity (Wildman–Crippen MR) is 100 cm³/mol. The van der Waals surface area contributed by atoms with E-state index in [-0.39, 0.29) is 5.60 Å². The molecule has 120 valence electrons. The SMILES string of the molecule is CCOC(C)(C/C=C/c1ccccc1)C/C=C/c1ccccc1. The topological polar surface area (TPSA) is 9.23 Å². The summed E-state index contributed by atoms with van der Waals surface area (Å²) in [6, 6.07) is 20.8. The molecule has 0 unspecified atom stereocenters. The Balaban J connectivity index is 1.95. The van der Waals surface area contributed by atoms with E-state index in [0.717, 1.165) is 19.4 Å². The Morgan fingerprint density at radius 3 is 1.61 bits per heavy atom. The average Bonchev–Trinajstić information content (AvgIpc) is 2.57. The summed E-state index contributed by atoms with van der Waals surface area (Å²) in [6.07, 6.45) is 10.5. The van der Waals surface area contributed by atoms with Crippen molar-refractivity contribution in [2.24, 2.45) is 0 Å². The van der Waals surface area contributed by atoms with Gasteiger partial charge in [-0.2, -0.15) is 0 Å². The molecule has 2 aromatic carbocycles. The summed E-state index contributed by atoms with van der Waals surface area (Å²) in [4.78, 5) is 0. The largest absolute Gasteiger partial charge is 0.375 e. The van der Waals surface area contributed by atoms with Crippen molar-refractivity contribution in [1.29, 1.82) is 0 Å². The zero-order valence-electron chi connectivity index (χ0n) is 14.1. The van der Waals surface area contributed by atoms with Gasteiger partial charge in [-0.25, -0.2) is 0 Å². The van der Waals surface area contributed by atoms with Crippen molar-refractivity contribution in [2.75, 3.05) is 6.61 Å². The lowest BCUT2D eigenvalue weighted by Gasteiger charge is -2.27. The van der Waals surface area contributed by atoms with Gasteiger partial charge in [0, 0.05) is 6.61 Å². The second kappa shape index (κ2) is 9.12. The molecule has 0 N–H and O–H groups in total. The van der Waals surface area contributed by atoms with E-state index in [4.69, 9.17) is 4.74 Å². The van der Waals surface area contributed by atoms with E-state index in [1.54, 1.807) is 0 Å². The minimum absolute atomic E-state index is 0.161. The third kappa shape index (κ3) is 6.25. The Kier molecular flexibility index (Phi) is 6.83. The lowest BCUT2D eigenvalue weighted by Crippen LogP contribution is -2.27. The zero-order chi connectivity index (χ0) is 16.4. The third-order valence-corrected chi connectivity index (χ3v) is 3.81. The van der Waals surface area contributed by atoms with Gasteiger partial charge in [-0.1, -0.05) is 85.0 Å². The number of ether oxygens (including phenoxy) is 1. The molecule has 0 atom stereocenters. The Morgan fingerprint density at radius 1 is 0.783 bits per heavy atom. The first kappa shape index (κ1) is 17.2. The third-order valence-electron chi connectivity index (χ3n) is 3.81. The van der Waals surface area contributed by atoms with Crippen LogP contribution in [0.2, 0.25) is 0 Å². The molecule has 0 spiro atoms. The highest BCUT2D eigenvalue weighted by molar-refractivity contribution is 5.50. The van der Waals surface area contributed by atoms with Gasteiger partial charge in [0.1, 0.15) is 0 Å². The molecule has 1 nitrogen and oxygen atoms in total. The molecule has 23 heavy (non-hydrogen) atoms. The lowest BCUT2D eigenvalue weighted by atomic mass is 9.96. The van der Waals surface area contributed by atoms with Crippen molar-refractivity contribution < 1.29 is 4.74 Å². The maximum Gasteiger partial charge on any atom is 0.0723 e. The maximum atomic E-state index is 6.00. The van der Waals surface area contributed by atoms with E-state index in [2.05, 4.69) is 86.7 Å². The van der Waals surface area contributed by atoms with Crippen LogP contribution in [0.25, 0.3) is 12.2 Å². The van der Waals surface area contributed by atoms with E-state index in [0.29, 0.717) is 0 Å². The van der Waals surface area contributed by atoms with Gasteiger partial charge in [-0.3, -0.25) is 0 Å². The van der Waals surface area contributed by atoms with Gasteiger partial charge in [-0.05, 0) is 37.8 Å². The minimum Gasteiger partial charge on any atom is -0.375 e. The molecule has 2 rings (SSSR count). The summed E-state index contributed by atoms with van der Waals surface area (Å²) in [5.74, 6) is 0. The second-order valence-electron chi connectivity index (χ2n) is 5.92. The molecule has 2 aromatic rings. The molecule has 0 fully saturated rings. The monoisotopic (exact) mass is 306 g/mol. The van der Waals surface area contributed by atoms with E-state index < -0.39 is 0 Å². The van der Waals surface area contributed by atoms with Crippen molar-refractivity contribution in [3.8, 4) is 0 Å². The van der Waals surface area contributed by atoms with Gasteiger partial charge in [0.15, 0.2) is 0 Å². The first-order valence-electron chi connectivity index (χ1n) is 8.29. The van der Waals surface area contributed by atoms with Crippen molar-refractivity contribution in [3.63, 3.8) is 0 Å². The fraction of sp³-hybridized carbons (Fsp3) is 0.273. The smallest absolute Gasteiger partial charge is 0.0723 e. The summed E-state index contributed by atoms with van der Waals surface area (Å²) >= 11 is 0. The fourth-order valence-electron chi connectivity index (χ4n) is 2.57. The molecule has 0 bridgehead atoms. The van der Waals surface area contributed by atoms with Crippen LogP contribution in [0.4, 0.5) is 0 Å². The van der Waals surface area contributed by atoms with Crippen LogP contribution >= 0.6 is 0 Å². The standard InChI is InChI=1S/C22H26O/c1-3-23-22(2,18-10-16-20-12-6-4-7-13-20)19-11-17-21-14-8-5-9-15-21/h4-17H,3,18-19H2,1-2H3/b16-10+,17-11+. The quantitative estimate of drug-likeness (QED) is 0.582. The molecule has 0 heterocycles. The second-order valence-corrected chi connectivity index (χ2v) is 5.92. The van der Waals surface area contributed by atoms with Gasteiger partial charge < -0.3 is 4.74 Å². The highest BCUT2D eigenvalue weighted by Gasteiger charge is 2.21. The van der Waals surface area contributed by atoms with Gasteiger partial charge >= 0.3 is 0 Å². The van der Waals surface area contributed by atoms with Crippen molar-refractivity contribution in [3.05, 3.63) is 83.9 Å². The van der Waals surface area contributed by atoms with Crippen LogP contribution in [0.1, 0.15) is 37.8 Å². The highest BCUT2D eigenvalue weighted by Crippen LogP contribution is 2.23. The molecule has 0 aliphatic heterocycles. The van der Waals surface area contributed by atoms with Crippen LogP contribution in [0.3, 0.4) is 0 Å². The molecule has 0 saturated carbocycles. The fourth-order valence-corrected chi connectivity index (χ4v) is 2.57. The van der Waals surface area contributed by atoms with Crippen molar-refractivity contribution >= 4 is 12.2 Å². The van der Waals surface area contributed by atoms with E-state index >= 15 is 0 Å². The zero-order valence-corrected chi connectivity index (χ0v) is 14.1. The number of rotatable bonds is 8. The normalized spacial score (nSPS) is 12.3. The number of hydrogen-bond acceptors (Lipinski definition) is 1. The highest BCUT2D eigenvalue weighted by atomic mass is 16.5. The van der Waals surface area contributed by atoms with Crippen LogP contribution in [-0.4, -0.2) is 12.2 Å². The van der Waals surface area contributed by atoms with Gasteiger partial charge in [-0.15, -0.1) is 0 Å². The van der Waals surface area contributed by atoms with Crippen LogP contribution < -0.4 is 0 Å². The molecule has 0 aromatic heterocycles. The lowest BCUT2D eigenvalue weighted by molar-refractivity contribution is -0.0197. The molecule has 0 aliphatic carbocycles. The van der Waals surface area contributed by atoms with E-state index in [1.165, 1.54) is 11.1 Å². The number of hydrogen-bond donors (Lipinski definition) is 0. The van der Waals surface area contributed by atoms with Gasteiger partial charge in [0.2, 0.25) is 0 Å². The molecule has 1 heteroatoms. The first-order valence-corrected chi connectivity index (χ1v) is 8.29. The van der Waals surface area contributed by atoms with Crippen LogP contribution in [0.5, 0.6) is 0 Å². The Hall–Kier alpha value is -2.12. The maximum absolute atomic E-state index is 6.00. The average molecular weight is 306 g/mol. The molecule has 0 amide bonds. The molecular weight excluding hydrogens is 280 g/mol.